The molecule has 2 aromatic carbocycles. The fourth-order valence-electron chi connectivity index (χ4n) is 2.71. The van der Waals surface area contributed by atoms with Crippen LogP contribution in [0.25, 0.3) is 17.4 Å². The molecule has 31 heavy (non-hydrogen) atoms. The molecule has 1 heterocycles. The Morgan fingerprint density at radius 1 is 1.06 bits per heavy atom. The van der Waals surface area contributed by atoms with Gasteiger partial charge in [-0.15, -0.1) is 0 Å². The Morgan fingerprint density at radius 2 is 1.77 bits per heavy atom. The lowest BCUT2D eigenvalue weighted by Crippen LogP contribution is -2.14. The van der Waals surface area contributed by atoms with E-state index in [4.69, 9.17) is 4.42 Å². The minimum atomic E-state index is -0.831. The summed E-state index contributed by atoms with van der Waals surface area (Å²) in [5.41, 5.74) is 0.513. The van der Waals surface area contributed by atoms with Crippen molar-refractivity contribution in [3.8, 4) is 17.4 Å². The van der Waals surface area contributed by atoms with Gasteiger partial charge in [-0.3, -0.25) is 25.0 Å². The monoisotopic (exact) mass is 418 g/mol. The number of carbonyl (C=O) groups excluding carboxylic acids is 1. The number of non-ortho nitro benzene ring substituents is 1. The lowest BCUT2D eigenvalue weighted by atomic mass is 10.1. The molecule has 1 aromatic heterocycles. The summed E-state index contributed by atoms with van der Waals surface area (Å²) in [6, 6.07) is 14.8. The Bertz CT molecular complexity index is 1250. The fraction of sp³-hybridized carbons (Fsp3) is 0.0476. The van der Waals surface area contributed by atoms with Crippen LogP contribution < -0.4 is 5.32 Å². The second-order valence-corrected chi connectivity index (χ2v) is 6.41. The lowest BCUT2D eigenvalue weighted by Gasteiger charge is -2.05. The first kappa shape index (κ1) is 20.9. The van der Waals surface area contributed by atoms with Gasteiger partial charge in [-0.1, -0.05) is 6.07 Å². The summed E-state index contributed by atoms with van der Waals surface area (Å²) < 4.78 is 5.59. The number of nitro benzene ring substituents is 2. The molecule has 0 aliphatic heterocycles. The van der Waals surface area contributed by atoms with Crippen molar-refractivity contribution in [2.75, 3.05) is 5.32 Å². The highest BCUT2D eigenvalue weighted by Gasteiger charge is 2.18. The van der Waals surface area contributed by atoms with Crippen molar-refractivity contribution in [1.29, 1.82) is 5.26 Å². The molecule has 0 aliphatic rings. The number of rotatable bonds is 6. The lowest BCUT2D eigenvalue weighted by molar-refractivity contribution is -0.384. The standard InChI is InChI=1S/C21H14N4O6/c1-13-2-8-18(19(10-13)25(29)30)23-21(26)15(12-22)11-17-7-9-20(31-17)14-3-5-16(6-4-14)24(27)28/h2-11H,1H3,(H,23,26)/b15-11+. The zero-order chi connectivity index (χ0) is 22.5. The number of nitrogens with one attached hydrogen (secondary N) is 1. The number of hydrogen-bond acceptors (Lipinski definition) is 7. The number of aryl methyl sites for hydroxylation is 1. The quantitative estimate of drug-likeness (QED) is 0.265. The molecular formula is C21H14N4O6. The van der Waals surface area contributed by atoms with Gasteiger partial charge in [0.15, 0.2) is 0 Å². The number of nitro groups is 2. The van der Waals surface area contributed by atoms with Gasteiger partial charge in [-0.25, -0.2) is 0 Å². The van der Waals surface area contributed by atoms with E-state index < -0.39 is 15.8 Å². The summed E-state index contributed by atoms with van der Waals surface area (Å²) in [4.78, 5) is 33.3. The molecule has 0 bridgehead atoms. The Kier molecular flexibility index (Phi) is 5.88. The Hall–Kier alpha value is -4.78. The average molecular weight is 418 g/mol. The van der Waals surface area contributed by atoms with E-state index >= 15 is 0 Å². The Morgan fingerprint density at radius 3 is 2.39 bits per heavy atom. The Labute approximate surface area is 175 Å². The second kappa shape index (κ2) is 8.71. The molecule has 0 radical (unpaired) electrons. The third-order valence-electron chi connectivity index (χ3n) is 4.24. The van der Waals surface area contributed by atoms with Crippen LogP contribution in [0.1, 0.15) is 11.3 Å². The van der Waals surface area contributed by atoms with Gasteiger partial charge in [0.2, 0.25) is 0 Å². The van der Waals surface area contributed by atoms with Crippen molar-refractivity contribution < 1.29 is 19.1 Å². The molecule has 0 aliphatic carbocycles. The van der Waals surface area contributed by atoms with Gasteiger partial charge in [0.05, 0.1) is 9.85 Å². The summed E-state index contributed by atoms with van der Waals surface area (Å²) in [5.74, 6) is -0.255. The Balaban J connectivity index is 1.83. The molecule has 0 fully saturated rings. The number of nitriles is 1. The number of furan rings is 1. The van der Waals surface area contributed by atoms with Crippen molar-refractivity contribution in [2.45, 2.75) is 6.92 Å². The highest BCUT2D eigenvalue weighted by molar-refractivity contribution is 6.10. The van der Waals surface area contributed by atoms with Gasteiger partial charge in [0.25, 0.3) is 17.3 Å². The zero-order valence-corrected chi connectivity index (χ0v) is 16.1. The van der Waals surface area contributed by atoms with Crippen LogP contribution in [0, 0.1) is 38.5 Å². The van der Waals surface area contributed by atoms with Gasteiger partial charge >= 0.3 is 0 Å². The molecule has 0 saturated carbocycles. The van der Waals surface area contributed by atoms with E-state index in [1.807, 2.05) is 0 Å². The van der Waals surface area contributed by atoms with E-state index in [1.54, 1.807) is 25.1 Å². The number of nitrogens with zero attached hydrogens (tertiary/aromatic N) is 3. The topological polar surface area (TPSA) is 152 Å². The van der Waals surface area contributed by atoms with E-state index in [0.29, 0.717) is 16.9 Å². The minimum Gasteiger partial charge on any atom is -0.457 e. The molecule has 0 spiro atoms. The maximum atomic E-state index is 12.5. The van der Waals surface area contributed by atoms with E-state index in [1.165, 1.54) is 48.5 Å². The largest absolute Gasteiger partial charge is 0.457 e. The predicted molar refractivity (Wildman–Crippen MR) is 111 cm³/mol. The molecule has 0 saturated heterocycles. The van der Waals surface area contributed by atoms with Crippen molar-refractivity contribution in [3.63, 3.8) is 0 Å². The number of carbonyl (C=O) groups is 1. The van der Waals surface area contributed by atoms with Crippen molar-refractivity contribution in [1.82, 2.24) is 0 Å². The highest BCUT2D eigenvalue weighted by Crippen LogP contribution is 2.27. The SMILES string of the molecule is Cc1ccc(NC(=O)/C(C#N)=C/c2ccc(-c3ccc([N+](=O)[O-])cc3)o2)c([N+](=O)[O-])c1. The van der Waals surface area contributed by atoms with Crippen LogP contribution in [0.2, 0.25) is 0 Å². The average Bonchev–Trinajstić information content (AvgIpc) is 3.21. The van der Waals surface area contributed by atoms with Gasteiger partial charge in [0.1, 0.15) is 28.9 Å². The minimum absolute atomic E-state index is 0.0345. The van der Waals surface area contributed by atoms with Crippen LogP contribution in [0.15, 0.2) is 64.6 Å². The summed E-state index contributed by atoms with van der Waals surface area (Å²) >= 11 is 0. The van der Waals surface area contributed by atoms with Crippen LogP contribution in [-0.4, -0.2) is 15.8 Å². The summed E-state index contributed by atoms with van der Waals surface area (Å²) in [7, 11) is 0. The predicted octanol–water partition coefficient (Wildman–Crippen LogP) is 4.62. The summed E-state index contributed by atoms with van der Waals surface area (Å²) in [5, 5.41) is 33.7. The fourth-order valence-corrected chi connectivity index (χ4v) is 2.71. The van der Waals surface area contributed by atoms with Crippen LogP contribution in [0.3, 0.4) is 0 Å². The van der Waals surface area contributed by atoms with Crippen molar-refractivity contribution >= 4 is 29.0 Å². The third kappa shape index (κ3) is 4.80. The zero-order valence-electron chi connectivity index (χ0n) is 16.1. The number of benzene rings is 2. The number of anilines is 1. The summed E-state index contributed by atoms with van der Waals surface area (Å²) in [6.07, 6.45) is 1.20. The first-order valence-corrected chi connectivity index (χ1v) is 8.81. The molecule has 10 nitrogen and oxygen atoms in total. The first-order valence-electron chi connectivity index (χ1n) is 8.81. The van der Waals surface area contributed by atoms with Crippen LogP contribution in [0.4, 0.5) is 17.1 Å². The maximum Gasteiger partial charge on any atom is 0.293 e. The van der Waals surface area contributed by atoms with E-state index in [-0.39, 0.29) is 28.4 Å². The molecule has 1 amide bonds. The van der Waals surface area contributed by atoms with Crippen LogP contribution in [0.5, 0.6) is 0 Å². The first-order chi connectivity index (χ1) is 14.8. The van der Waals surface area contributed by atoms with E-state index in [2.05, 4.69) is 5.32 Å². The maximum absolute atomic E-state index is 12.5. The molecular weight excluding hydrogens is 404 g/mol. The number of hydrogen-bond donors (Lipinski definition) is 1. The van der Waals surface area contributed by atoms with Crippen LogP contribution in [-0.2, 0) is 4.79 Å². The second-order valence-electron chi connectivity index (χ2n) is 6.41. The molecule has 154 valence electrons. The molecule has 3 rings (SSSR count). The van der Waals surface area contributed by atoms with Gasteiger partial charge in [-0.2, -0.15) is 5.26 Å². The van der Waals surface area contributed by atoms with E-state index in [0.717, 1.165) is 0 Å². The van der Waals surface area contributed by atoms with Gasteiger partial charge in [0, 0.05) is 29.8 Å². The van der Waals surface area contributed by atoms with Crippen molar-refractivity contribution in [3.05, 3.63) is 91.7 Å². The molecule has 1 N–H and O–H groups in total. The van der Waals surface area contributed by atoms with Crippen LogP contribution >= 0.6 is 0 Å². The third-order valence-corrected chi connectivity index (χ3v) is 4.24. The molecule has 3 aromatic rings. The smallest absolute Gasteiger partial charge is 0.293 e. The van der Waals surface area contributed by atoms with E-state index in [9.17, 15) is 30.3 Å². The molecule has 0 unspecified atom stereocenters. The highest BCUT2D eigenvalue weighted by atomic mass is 16.6. The summed E-state index contributed by atoms with van der Waals surface area (Å²) in [6.45, 7) is 1.68. The van der Waals surface area contributed by atoms with Gasteiger partial charge in [-0.05, 0) is 42.8 Å². The van der Waals surface area contributed by atoms with Gasteiger partial charge < -0.3 is 9.73 Å². The number of amides is 1. The molecule has 0 atom stereocenters. The normalized spacial score (nSPS) is 10.9. The molecule has 10 heteroatoms. The van der Waals surface area contributed by atoms with Crippen molar-refractivity contribution in [2.24, 2.45) is 0 Å².